The van der Waals surface area contributed by atoms with E-state index in [-0.39, 0.29) is 35.7 Å². The number of hydrogen-bond donors (Lipinski definition) is 1. The zero-order valence-corrected chi connectivity index (χ0v) is 18.3. The molecule has 0 spiro atoms. The summed E-state index contributed by atoms with van der Waals surface area (Å²) in [5.74, 6) is -0.463. The third kappa shape index (κ3) is 4.21. The molecule has 0 unspecified atom stereocenters. The smallest absolute Gasteiger partial charge is 0.274 e. The molecule has 0 bridgehead atoms. The van der Waals surface area contributed by atoms with E-state index < -0.39 is 6.10 Å². The average molecular weight is 442 g/mol. The summed E-state index contributed by atoms with van der Waals surface area (Å²) < 4.78 is 7.15. The molecule has 9 nitrogen and oxygen atoms in total. The summed E-state index contributed by atoms with van der Waals surface area (Å²) in [5, 5.41) is 7.85. The number of carbonyl (C=O) groups is 2. The second kappa shape index (κ2) is 8.56. The lowest BCUT2D eigenvalue weighted by Gasteiger charge is -2.33. The van der Waals surface area contributed by atoms with Crippen LogP contribution in [-0.4, -0.2) is 57.2 Å². The normalized spacial score (nSPS) is 16.6. The van der Waals surface area contributed by atoms with Crippen LogP contribution in [0.25, 0.3) is 10.2 Å². The number of hydrogen-bond acceptors (Lipinski definition) is 7. The fourth-order valence-electron chi connectivity index (χ4n) is 3.55. The summed E-state index contributed by atoms with van der Waals surface area (Å²) in [6, 6.07) is 6.48. The lowest BCUT2D eigenvalue weighted by atomic mass is 10.0. The van der Waals surface area contributed by atoms with Crippen LogP contribution in [-0.2, 0) is 11.8 Å². The van der Waals surface area contributed by atoms with E-state index in [0.29, 0.717) is 18.0 Å². The van der Waals surface area contributed by atoms with E-state index in [1.807, 2.05) is 26.0 Å². The van der Waals surface area contributed by atoms with Gasteiger partial charge in [-0.15, -0.1) is 11.3 Å². The van der Waals surface area contributed by atoms with Crippen molar-refractivity contribution in [1.29, 1.82) is 0 Å². The number of nitrogens with one attached hydrogen (secondary N) is 1. The lowest BCUT2D eigenvalue weighted by molar-refractivity contribution is -0.0225. The van der Waals surface area contributed by atoms with Crippen LogP contribution < -0.4 is 10.9 Å². The number of nitrogens with zero attached hydrogens (tertiary/aromatic N) is 4. The van der Waals surface area contributed by atoms with Gasteiger partial charge in [-0.25, -0.2) is 9.67 Å². The van der Waals surface area contributed by atoms with Crippen molar-refractivity contribution in [2.75, 3.05) is 19.7 Å². The number of morpholine rings is 1. The number of aryl methyl sites for hydroxylation is 1. The van der Waals surface area contributed by atoms with E-state index in [4.69, 9.17) is 4.74 Å². The number of fused-ring (bicyclic) bond motifs is 1. The van der Waals surface area contributed by atoms with Gasteiger partial charge < -0.3 is 15.0 Å². The van der Waals surface area contributed by atoms with Gasteiger partial charge in [0.2, 0.25) is 0 Å². The average Bonchev–Trinajstić information content (AvgIpc) is 3.14. The third-order valence-corrected chi connectivity index (χ3v) is 6.11. The molecule has 1 aliphatic rings. The molecule has 2 amide bonds. The molecule has 3 aromatic heterocycles. The molecule has 4 heterocycles. The van der Waals surface area contributed by atoms with Gasteiger partial charge in [0.25, 0.3) is 17.4 Å². The predicted octanol–water partition coefficient (Wildman–Crippen LogP) is 1.74. The molecule has 1 saturated heterocycles. The summed E-state index contributed by atoms with van der Waals surface area (Å²) in [6.07, 6.45) is 1.21. The molecule has 10 heteroatoms. The molecule has 0 aromatic carbocycles. The summed E-state index contributed by atoms with van der Waals surface area (Å²) in [5.41, 5.74) is 0.656. The number of pyridine rings is 1. The molecule has 1 atom stereocenters. The van der Waals surface area contributed by atoms with Crippen molar-refractivity contribution in [3.8, 4) is 0 Å². The van der Waals surface area contributed by atoms with Crippen LogP contribution in [0.1, 0.15) is 45.7 Å². The predicted molar refractivity (Wildman–Crippen MR) is 116 cm³/mol. The molecule has 3 aromatic rings. The number of aromatic nitrogens is 3. The van der Waals surface area contributed by atoms with Gasteiger partial charge >= 0.3 is 0 Å². The largest absolute Gasteiger partial charge is 0.370 e. The van der Waals surface area contributed by atoms with Gasteiger partial charge in [0.1, 0.15) is 21.5 Å². The molecule has 0 aliphatic carbocycles. The molecular formula is C21H23N5O4S. The first-order chi connectivity index (χ1) is 14.8. The molecule has 4 rings (SSSR count). The van der Waals surface area contributed by atoms with Gasteiger partial charge in [-0.2, -0.15) is 5.10 Å². The highest BCUT2D eigenvalue weighted by molar-refractivity contribution is 7.20. The first-order valence-corrected chi connectivity index (χ1v) is 10.8. The van der Waals surface area contributed by atoms with Crippen LogP contribution in [0, 0.1) is 0 Å². The van der Waals surface area contributed by atoms with E-state index in [1.54, 1.807) is 11.1 Å². The standard InChI is InChI=1S/C21H23N5O4S/c1-12(2)23-19(28)18-17(13-5-4-8-22-20(13)31-18)15-11-26(9-10-30-15)21(29)14-6-7-16(27)25(3)24-14/h4-8,12,15H,9-11H2,1-3H3,(H,23,28)/t15-/m0/s1. The quantitative estimate of drug-likeness (QED) is 0.661. The van der Waals surface area contributed by atoms with Crippen molar-refractivity contribution in [2.45, 2.75) is 26.0 Å². The molecule has 31 heavy (non-hydrogen) atoms. The van der Waals surface area contributed by atoms with Crippen LogP contribution >= 0.6 is 11.3 Å². The van der Waals surface area contributed by atoms with E-state index in [1.165, 1.54) is 30.5 Å². The Bertz CT molecular complexity index is 1200. The molecule has 0 radical (unpaired) electrons. The van der Waals surface area contributed by atoms with E-state index in [9.17, 15) is 14.4 Å². The molecule has 1 aliphatic heterocycles. The molecule has 1 N–H and O–H groups in total. The number of amides is 2. The lowest BCUT2D eigenvalue weighted by Crippen LogP contribution is -2.43. The zero-order chi connectivity index (χ0) is 22.1. The van der Waals surface area contributed by atoms with E-state index in [2.05, 4.69) is 15.4 Å². The van der Waals surface area contributed by atoms with Gasteiger partial charge in [0.15, 0.2) is 0 Å². The Morgan fingerprint density at radius 2 is 2.10 bits per heavy atom. The maximum absolute atomic E-state index is 13.0. The minimum Gasteiger partial charge on any atom is -0.370 e. The highest BCUT2D eigenvalue weighted by Crippen LogP contribution is 2.37. The zero-order valence-electron chi connectivity index (χ0n) is 17.5. The monoisotopic (exact) mass is 441 g/mol. The van der Waals surface area contributed by atoms with Crippen LogP contribution in [0.5, 0.6) is 0 Å². The molecule has 0 saturated carbocycles. The Labute approximate surface area is 182 Å². The van der Waals surface area contributed by atoms with E-state index >= 15 is 0 Å². The van der Waals surface area contributed by atoms with Crippen LogP contribution in [0.15, 0.2) is 35.3 Å². The van der Waals surface area contributed by atoms with Crippen molar-refractivity contribution in [3.63, 3.8) is 0 Å². The minimum atomic E-state index is -0.476. The fourth-order valence-corrected chi connectivity index (χ4v) is 4.65. The van der Waals surface area contributed by atoms with Crippen LogP contribution in [0.3, 0.4) is 0 Å². The second-order valence-electron chi connectivity index (χ2n) is 7.62. The summed E-state index contributed by atoms with van der Waals surface area (Å²) in [4.78, 5) is 44.8. The van der Waals surface area contributed by atoms with Gasteiger partial charge in [0, 0.05) is 42.8 Å². The maximum Gasteiger partial charge on any atom is 0.274 e. The van der Waals surface area contributed by atoms with Gasteiger partial charge in [0.05, 0.1) is 13.2 Å². The molecule has 162 valence electrons. The minimum absolute atomic E-state index is 0.0142. The highest BCUT2D eigenvalue weighted by atomic mass is 32.1. The highest BCUT2D eigenvalue weighted by Gasteiger charge is 2.32. The van der Waals surface area contributed by atoms with Crippen molar-refractivity contribution >= 4 is 33.4 Å². The van der Waals surface area contributed by atoms with E-state index in [0.717, 1.165) is 20.5 Å². The number of carbonyl (C=O) groups excluding carboxylic acids is 2. The topological polar surface area (TPSA) is 106 Å². The van der Waals surface area contributed by atoms with Crippen LogP contribution in [0.4, 0.5) is 0 Å². The Morgan fingerprint density at radius 3 is 2.84 bits per heavy atom. The van der Waals surface area contributed by atoms with Crippen molar-refractivity contribution in [3.05, 3.63) is 57.0 Å². The number of ether oxygens (including phenoxy) is 1. The number of rotatable bonds is 4. The second-order valence-corrected chi connectivity index (χ2v) is 8.62. The summed E-state index contributed by atoms with van der Waals surface area (Å²) >= 11 is 1.32. The van der Waals surface area contributed by atoms with Gasteiger partial charge in [-0.05, 0) is 26.0 Å². The van der Waals surface area contributed by atoms with Gasteiger partial charge in [-0.3, -0.25) is 14.4 Å². The SMILES string of the molecule is CC(C)NC(=O)c1sc2ncccc2c1[C@@H]1CN(C(=O)c2ccc(=O)n(C)n2)CCO1. The van der Waals surface area contributed by atoms with Gasteiger partial charge in [-0.1, -0.05) is 6.07 Å². The molecular weight excluding hydrogens is 418 g/mol. The Balaban J connectivity index is 1.67. The number of thiophene rings is 1. The molecule has 1 fully saturated rings. The maximum atomic E-state index is 13.0. The third-order valence-electron chi connectivity index (χ3n) is 4.99. The van der Waals surface area contributed by atoms with Crippen molar-refractivity contribution < 1.29 is 14.3 Å². The van der Waals surface area contributed by atoms with Crippen LogP contribution in [0.2, 0.25) is 0 Å². The van der Waals surface area contributed by atoms with Crippen molar-refractivity contribution in [2.24, 2.45) is 7.05 Å². The Kier molecular flexibility index (Phi) is 5.84. The summed E-state index contributed by atoms with van der Waals surface area (Å²) in [6.45, 7) is 4.80. The summed E-state index contributed by atoms with van der Waals surface area (Å²) in [7, 11) is 1.51. The first-order valence-electron chi connectivity index (χ1n) is 9.98. The Morgan fingerprint density at radius 1 is 1.29 bits per heavy atom. The fraction of sp³-hybridized carbons (Fsp3) is 0.381. The Hall–Kier alpha value is -3.11. The first kappa shape index (κ1) is 21.1. The van der Waals surface area contributed by atoms with Crippen molar-refractivity contribution in [1.82, 2.24) is 25.0 Å².